The zero-order valence-electron chi connectivity index (χ0n) is 11.0. The van der Waals surface area contributed by atoms with Crippen molar-refractivity contribution in [1.29, 1.82) is 0 Å². The lowest BCUT2D eigenvalue weighted by Crippen LogP contribution is -2.14. The number of pyridine rings is 1. The van der Waals surface area contributed by atoms with Gasteiger partial charge in [0, 0.05) is 23.0 Å². The normalized spacial score (nSPS) is 10.5. The minimum Gasteiger partial charge on any atom is -0.398 e. The molecule has 0 fully saturated rings. The molecule has 2 aromatic carbocycles. The van der Waals surface area contributed by atoms with E-state index in [1.54, 1.807) is 30.3 Å². The van der Waals surface area contributed by atoms with Gasteiger partial charge in [-0.05, 0) is 30.3 Å². The number of aromatic nitrogens is 1. The summed E-state index contributed by atoms with van der Waals surface area (Å²) in [6.45, 7) is 0. The Morgan fingerprint density at radius 3 is 2.62 bits per heavy atom. The molecule has 0 bridgehead atoms. The van der Waals surface area contributed by atoms with Crippen molar-refractivity contribution in [2.24, 2.45) is 0 Å². The van der Waals surface area contributed by atoms with Crippen molar-refractivity contribution in [2.75, 3.05) is 11.1 Å². The van der Waals surface area contributed by atoms with E-state index in [4.69, 9.17) is 5.73 Å². The van der Waals surface area contributed by atoms with Crippen LogP contribution in [0.5, 0.6) is 0 Å². The maximum absolute atomic E-state index is 14.1. The lowest BCUT2D eigenvalue weighted by Gasteiger charge is -2.09. The first-order valence-electron chi connectivity index (χ1n) is 6.36. The average molecular weight is 281 g/mol. The van der Waals surface area contributed by atoms with Gasteiger partial charge in [0.2, 0.25) is 0 Å². The number of nitrogen functional groups attached to an aromatic ring is 1. The van der Waals surface area contributed by atoms with Gasteiger partial charge in [-0.15, -0.1) is 0 Å². The van der Waals surface area contributed by atoms with Crippen molar-refractivity contribution in [1.82, 2.24) is 4.98 Å². The Balaban J connectivity index is 2.08. The second kappa shape index (κ2) is 5.20. The number of amides is 1. The molecule has 21 heavy (non-hydrogen) atoms. The fourth-order valence-corrected chi connectivity index (χ4v) is 2.16. The fourth-order valence-electron chi connectivity index (χ4n) is 2.16. The van der Waals surface area contributed by atoms with Crippen molar-refractivity contribution in [3.63, 3.8) is 0 Å². The van der Waals surface area contributed by atoms with E-state index < -0.39 is 11.7 Å². The van der Waals surface area contributed by atoms with Crippen LogP contribution in [-0.2, 0) is 0 Å². The molecule has 0 aliphatic carbocycles. The number of carbonyl (C=O) groups is 1. The van der Waals surface area contributed by atoms with Gasteiger partial charge in [0.25, 0.3) is 5.91 Å². The van der Waals surface area contributed by atoms with Crippen molar-refractivity contribution < 1.29 is 9.18 Å². The topological polar surface area (TPSA) is 68.0 Å². The number of hydrogen-bond donors (Lipinski definition) is 2. The van der Waals surface area contributed by atoms with Crippen LogP contribution in [0.1, 0.15) is 10.5 Å². The zero-order valence-corrected chi connectivity index (χ0v) is 11.0. The molecule has 3 aromatic rings. The highest BCUT2D eigenvalue weighted by Crippen LogP contribution is 2.26. The van der Waals surface area contributed by atoms with Gasteiger partial charge in [-0.1, -0.05) is 18.2 Å². The Hall–Kier alpha value is -2.95. The predicted molar refractivity (Wildman–Crippen MR) is 80.5 cm³/mol. The molecule has 3 rings (SSSR count). The molecule has 0 saturated carbocycles. The number of fused-ring (bicyclic) bond motifs is 1. The minimum absolute atomic E-state index is 0.0150. The Labute approximate surface area is 120 Å². The molecule has 1 heterocycles. The number of para-hydroxylation sites is 1. The molecule has 0 spiro atoms. The van der Waals surface area contributed by atoms with Gasteiger partial charge >= 0.3 is 0 Å². The number of benzene rings is 2. The number of hydrogen-bond acceptors (Lipinski definition) is 3. The van der Waals surface area contributed by atoms with E-state index in [1.165, 1.54) is 18.3 Å². The van der Waals surface area contributed by atoms with Gasteiger partial charge in [-0.25, -0.2) is 4.39 Å². The summed E-state index contributed by atoms with van der Waals surface area (Å²) in [6.07, 6.45) is 1.44. The van der Waals surface area contributed by atoms with Gasteiger partial charge in [-0.2, -0.15) is 0 Å². The van der Waals surface area contributed by atoms with Gasteiger partial charge in [-0.3, -0.25) is 9.78 Å². The number of halogens is 1. The molecule has 1 aromatic heterocycles. The van der Waals surface area contributed by atoms with E-state index >= 15 is 0 Å². The predicted octanol–water partition coefficient (Wildman–Crippen LogP) is 3.21. The molecular formula is C16H12FN3O. The van der Waals surface area contributed by atoms with Crippen LogP contribution in [0, 0.1) is 5.82 Å². The van der Waals surface area contributed by atoms with Crippen molar-refractivity contribution in [3.8, 4) is 0 Å². The zero-order chi connectivity index (χ0) is 14.8. The number of nitrogens with two attached hydrogens (primary N) is 1. The summed E-state index contributed by atoms with van der Waals surface area (Å²) in [5.74, 6) is -0.998. The third-order valence-corrected chi connectivity index (χ3v) is 3.16. The SMILES string of the molecule is Nc1ccc(F)c2c(C(=O)Nc3ccccc3)nccc12. The quantitative estimate of drug-likeness (QED) is 0.709. The third kappa shape index (κ3) is 2.41. The lowest BCUT2D eigenvalue weighted by atomic mass is 10.1. The summed E-state index contributed by atoms with van der Waals surface area (Å²) in [5.41, 5.74) is 6.86. The molecule has 0 saturated heterocycles. The lowest BCUT2D eigenvalue weighted by molar-refractivity contribution is 0.102. The molecule has 5 heteroatoms. The third-order valence-electron chi connectivity index (χ3n) is 3.16. The van der Waals surface area contributed by atoms with E-state index in [2.05, 4.69) is 10.3 Å². The van der Waals surface area contributed by atoms with Crippen molar-refractivity contribution in [3.05, 3.63) is 66.2 Å². The fraction of sp³-hybridized carbons (Fsp3) is 0. The summed E-state index contributed by atoms with van der Waals surface area (Å²) in [5, 5.41) is 3.29. The Kier molecular flexibility index (Phi) is 3.23. The van der Waals surface area contributed by atoms with Crippen molar-refractivity contribution in [2.45, 2.75) is 0 Å². The maximum Gasteiger partial charge on any atom is 0.275 e. The van der Waals surface area contributed by atoms with Crippen LogP contribution < -0.4 is 11.1 Å². The highest BCUT2D eigenvalue weighted by atomic mass is 19.1. The molecule has 3 N–H and O–H groups in total. The molecule has 0 aliphatic rings. The summed E-state index contributed by atoms with van der Waals surface area (Å²) < 4.78 is 14.1. The van der Waals surface area contributed by atoms with E-state index in [9.17, 15) is 9.18 Å². The van der Waals surface area contributed by atoms with Gasteiger partial charge in [0.1, 0.15) is 11.5 Å². The van der Waals surface area contributed by atoms with Gasteiger partial charge < -0.3 is 11.1 Å². The second-order valence-electron chi connectivity index (χ2n) is 4.54. The standard InChI is InChI=1S/C16H12FN3O/c17-12-6-7-13(18)11-8-9-19-15(14(11)12)16(21)20-10-4-2-1-3-5-10/h1-9H,18H2,(H,20,21). The van der Waals surface area contributed by atoms with Crippen LogP contribution in [0.4, 0.5) is 15.8 Å². The number of anilines is 2. The number of nitrogens with one attached hydrogen (secondary N) is 1. The molecule has 0 aliphatic heterocycles. The van der Waals surface area contributed by atoms with Gasteiger partial charge in [0.05, 0.1) is 5.39 Å². The van der Waals surface area contributed by atoms with Crippen LogP contribution in [0.25, 0.3) is 10.8 Å². The average Bonchev–Trinajstić information content (AvgIpc) is 2.51. The summed E-state index contributed by atoms with van der Waals surface area (Å²) in [4.78, 5) is 16.3. The van der Waals surface area contributed by atoms with Gasteiger partial charge in [0.15, 0.2) is 0 Å². The molecule has 0 atom stereocenters. The molecule has 104 valence electrons. The minimum atomic E-state index is -0.523. The monoisotopic (exact) mass is 281 g/mol. The summed E-state index contributed by atoms with van der Waals surface area (Å²) >= 11 is 0. The van der Waals surface area contributed by atoms with Crippen LogP contribution in [0.3, 0.4) is 0 Å². The first-order chi connectivity index (χ1) is 10.2. The number of carbonyl (C=O) groups excluding carboxylic acids is 1. The maximum atomic E-state index is 14.1. The first-order valence-corrected chi connectivity index (χ1v) is 6.36. The molecule has 0 unspecified atom stereocenters. The van der Waals surface area contributed by atoms with E-state index in [0.29, 0.717) is 16.8 Å². The molecule has 4 nitrogen and oxygen atoms in total. The molecular weight excluding hydrogens is 269 g/mol. The Morgan fingerprint density at radius 2 is 1.86 bits per heavy atom. The Morgan fingerprint density at radius 1 is 1.10 bits per heavy atom. The highest BCUT2D eigenvalue weighted by Gasteiger charge is 2.16. The van der Waals surface area contributed by atoms with Crippen LogP contribution in [0.15, 0.2) is 54.7 Å². The Bertz CT molecular complexity index is 818. The summed E-state index contributed by atoms with van der Waals surface area (Å²) in [7, 11) is 0. The van der Waals surface area contributed by atoms with E-state index in [1.807, 2.05) is 6.07 Å². The second-order valence-corrected chi connectivity index (χ2v) is 4.54. The van der Waals surface area contributed by atoms with Crippen LogP contribution in [-0.4, -0.2) is 10.9 Å². The largest absolute Gasteiger partial charge is 0.398 e. The first kappa shape index (κ1) is 13.1. The molecule has 0 radical (unpaired) electrons. The molecule has 1 amide bonds. The highest BCUT2D eigenvalue weighted by molar-refractivity contribution is 6.13. The van der Waals surface area contributed by atoms with Crippen molar-refractivity contribution >= 4 is 28.1 Å². The van der Waals surface area contributed by atoms with Crippen LogP contribution in [0.2, 0.25) is 0 Å². The van der Waals surface area contributed by atoms with E-state index in [-0.39, 0.29) is 11.1 Å². The van der Waals surface area contributed by atoms with Crippen LogP contribution >= 0.6 is 0 Å². The number of nitrogens with zero attached hydrogens (tertiary/aromatic N) is 1. The smallest absolute Gasteiger partial charge is 0.275 e. The summed E-state index contributed by atoms with van der Waals surface area (Å²) in [6, 6.07) is 13.2. The number of rotatable bonds is 2. The van der Waals surface area contributed by atoms with E-state index in [0.717, 1.165) is 0 Å².